The maximum Gasteiger partial charge on any atom is 0.310 e. The van der Waals surface area contributed by atoms with Crippen LogP contribution in [0.25, 0.3) is 0 Å². The molecule has 0 aromatic heterocycles. The lowest BCUT2D eigenvalue weighted by molar-refractivity contribution is -0.163. The Bertz CT molecular complexity index is 416. The molecule has 0 aromatic carbocycles. The lowest BCUT2D eigenvalue weighted by atomic mass is 9.72. The third-order valence-corrected chi connectivity index (χ3v) is 3.89. The van der Waals surface area contributed by atoms with Gasteiger partial charge in [-0.2, -0.15) is 0 Å². The SMILES string of the molecule is C=CCOC(=O)C1CC2OC2C(C)C1C(=O)OCC=C. The van der Waals surface area contributed by atoms with Crippen LogP contribution in [-0.4, -0.2) is 37.4 Å². The van der Waals surface area contributed by atoms with E-state index < -0.39 is 11.8 Å². The predicted molar refractivity (Wildman–Crippen MR) is 71.7 cm³/mol. The van der Waals surface area contributed by atoms with Crippen molar-refractivity contribution < 1.29 is 23.8 Å². The molecular formula is C15H20O5. The summed E-state index contributed by atoms with van der Waals surface area (Å²) in [4.78, 5) is 24.3. The molecule has 1 saturated carbocycles. The molecule has 5 heteroatoms. The fourth-order valence-corrected chi connectivity index (χ4v) is 2.88. The van der Waals surface area contributed by atoms with Gasteiger partial charge in [-0.25, -0.2) is 0 Å². The van der Waals surface area contributed by atoms with Crippen molar-refractivity contribution in [2.75, 3.05) is 13.2 Å². The summed E-state index contributed by atoms with van der Waals surface area (Å²) in [5.74, 6) is -1.84. The summed E-state index contributed by atoms with van der Waals surface area (Å²) in [7, 11) is 0. The van der Waals surface area contributed by atoms with Crippen molar-refractivity contribution >= 4 is 11.9 Å². The van der Waals surface area contributed by atoms with E-state index in [1.54, 1.807) is 0 Å². The lowest BCUT2D eigenvalue weighted by Gasteiger charge is -2.30. The van der Waals surface area contributed by atoms with Crippen molar-refractivity contribution in [2.45, 2.75) is 25.6 Å². The molecule has 2 fully saturated rings. The first kappa shape index (κ1) is 14.8. The standard InChI is InChI=1S/C15H20O5/c1-4-6-18-14(16)10-8-11-13(20-11)9(3)12(10)15(17)19-7-5-2/h4-5,9-13H,1-2,6-8H2,3H3. The third kappa shape index (κ3) is 2.93. The van der Waals surface area contributed by atoms with Gasteiger partial charge in [0.1, 0.15) is 13.2 Å². The molecule has 0 amide bonds. The molecule has 1 aliphatic heterocycles. The highest BCUT2D eigenvalue weighted by Gasteiger charge is 2.58. The summed E-state index contributed by atoms with van der Waals surface area (Å²) in [5, 5.41) is 0. The van der Waals surface area contributed by atoms with Crippen molar-refractivity contribution in [1.82, 2.24) is 0 Å². The van der Waals surface area contributed by atoms with Gasteiger partial charge >= 0.3 is 11.9 Å². The van der Waals surface area contributed by atoms with Crippen molar-refractivity contribution in [2.24, 2.45) is 17.8 Å². The Balaban J connectivity index is 2.08. The molecule has 1 heterocycles. The second kappa shape index (κ2) is 6.22. The fraction of sp³-hybridized carbons (Fsp3) is 0.600. The molecule has 1 aliphatic carbocycles. The summed E-state index contributed by atoms with van der Waals surface area (Å²) in [6.07, 6.45) is 3.65. The molecular weight excluding hydrogens is 260 g/mol. The number of hydrogen-bond donors (Lipinski definition) is 0. The van der Waals surface area contributed by atoms with E-state index in [4.69, 9.17) is 14.2 Å². The molecule has 2 rings (SSSR count). The minimum atomic E-state index is -0.518. The van der Waals surface area contributed by atoms with Crippen LogP contribution >= 0.6 is 0 Å². The Morgan fingerprint density at radius 1 is 1.20 bits per heavy atom. The number of hydrogen-bond acceptors (Lipinski definition) is 5. The van der Waals surface area contributed by atoms with Crippen LogP contribution in [0.4, 0.5) is 0 Å². The molecule has 110 valence electrons. The monoisotopic (exact) mass is 280 g/mol. The first-order chi connectivity index (χ1) is 9.60. The zero-order chi connectivity index (χ0) is 14.7. The Kier molecular flexibility index (Phi) is 4.60. The average Bonchev–Trinajstić information content (AvgIpc) is 3.21. The molecule has 0 radical (unpaired) electrons. The largest absolute Gasteiger partial charge is 0.461 e. The number of carbonyl (C=O) groups is 2. The highest BCUT2D eigenvalue weighted by Crippen LogP contribution is 2.47. The summed E-state index contributed by atoms with van der Waals surface area (Å²) in [6.45, 7) is 9.22. The number of esters is 2. The second-order valence-electron chi connectivity index (χ2n) is 5.20. The number of ether oxygens (including phenoxy) is 3. The van der Waals surface area contributed by atoms with Gasteiger partial charge in [-0.3, -0.25) is 9.59 Å². The summed E-state index contributed by atoms with van der Waals surface area (Å²) < 4.78 is 15.7. The Morgan fingerprint density at radius 3 is 2.40 bits per heavy atom. The van der Waals surface area contributed by atoms with Gasteiger partial charge in [0.05, 0.1) is 24.0 Å². The van der Waals surface area contributed by atoms with Crippen LogP contribution in [0.2, 0.25) is 0 Å². The average molecular weight is 280 g/mol. The van der Waals surface area contributed by atoms with Crippen molar-refractivity contribution in [3.63, 3.8) is 0 Å². The van der Waals surface area contributed by atoms with E-state index in [2.05, 4.69) is 13.2 Å². The highest BCUT2D eigenvalue weighted by atomic mass is 16.6. The van der Waals surface area contributed by atoms with Crippen molar-refractivity contribution in [3.05, 3.63) is 25.3 Å². The predicted octanol–water partition coefficient (Wildman–Crippen LogP) is 1.48. The molecule has 5 nitrogen and oxygen atoms in total. The van der Waals surface area contributed by atoms with Gasteiger partial charge in [0.25, 0.3) is 0 Å². The first-order valence-electron chi connectivity index (χ1n) is 6.80. The van der Waals surface area contributed by atoms with Gasteiger partial charge < -0.3 is 14.2 Å². The van der Waals surface area contributed by atoms with Gasteiger partial charge in [0.2, 0.25) is 0 Å². The van der Waals surface area contributed by atoms with E-state index in [9.17, 15) is 9.59 Å². The van der Waals surface area contributed by atoms with E-state index in [-0.39, 0.29) is 43.3 Å². The van der Waals surface area contributed by atoms with Crippen LogP contribution < -0.4 is 0 Å². The summed E-state index contributed by atoms with van der Waals surface area (Å²) in [6, 6.07) is 0. The molecule has 0 spiro atoms. The van der Waals surface area contributed by atoms with E-state index >= 15 is 0 Å². The van der Waals surface area contributed by atoms with Gasteiger partial charge in [0, 0.05) is 0 Å². The van der Waals surface area contributed by atoms with E-state index in [1.165, 1.54) is 12.2 Å². The van der Waals surface area contributed by atoms with Crippen LogP contribution in [0.1, 0.15) is 13.3 Å². The van der Waals surface area contributed by atoms with Crippen molar-refractivity contribution in [3.8, 4) is 0 Å². The zero-order valence-electron chi connectivity index (χ0n) is 11.6. The smallest absolute Gasteiger partial charge is 0.310 e. The molecule has 0 bridgehead atoms. The van der Waals surface area contributed by atoms with Gasteiger partial charge in [-0.15, -0.1) is 0 Å². The minimum absolute atomic E-state index is 0.0488. The number of carbonyl (C=O) groups excluding carboxylic acids is 2. The molecule has 0 aromatic rings. The topological polar surface area (TPSA) is 65.1 Å². The quantitative estimate of drug-likeness (QED) is 0.419. The van der Waals surface area contributed by atoms with Crippen LogP contribution in [0.15, 0.2) is 25.3 Å². The Hall–Kier alpha value is -1.62. The molecule has 1 saturated heterocycles. The fourth-order valence-electron chi connectivity index (χ4n) is 2.88. The molecule has 5 unspecified atom stereocenters. The summed E-state index contributed by atoms with van der Waals surface area (Å²) >= 11 is 0. The van der Waals surface area contributed by atoms with E-state index in [0.717, 1.165) is 0 Å². The van der Waals surface area contributed by atoms with Crippen molar-refractivity contribution in [1.29, 1.82) is 0 Å². The molecule has 2 aliphatic rings. The summed E-state index contributed by atoms with van der Waals surface area (Å²) in [5.41, 5.74) is 0. The maximum absolute atomic E-state index is 12.2. The van der Waals surface area contributed by atoms with Crippen LogP contribution in [0.5, 0.6) is 0 Å². The molecule has 5 atom stereocenters. The first-order valence-corrected chi connectivity index (χ1v) is 6.80. The number of fused-ring (bicyclic) bond motifs is 1. The highest BCUT2D eigenvalue weighted by molar-refractivity contribution is 5.83. The van der Waals surface area contributed by atoms with E-state index in [1.807, 2.05) is 6.92 Å². The minimum Gasteiger partial charge on any atom is -0.461 e. The third-order valence-electron chi connectivity index (χ3n) is 3.89. The normalized spacial score (nSPS) is 34.5. The van der Waals surface area contributed by atoms with Crippen LogP contribution in [0.3, 0.4) is 0 Å². The molecule has 0 N–H and O–H groups in total. The zero-order valence-corrected chi connectivity index (χ0v) is 11.6. The lowest BCUT2D eigenvalue weighted by Crippen LogP contribution is -2.42. The van der Waals surface area contributed by atoms with Gasteiger partial charge in [0.15, 0.2) is 0 Å². The second-order valence-corrected chi connectivity index (χ2v) is 5.20. The van der Waals surface area contributed by atoms with E-state index in [0.29, 0.717) is 6.42 Å². The Morgan fingerprint density at radius 2 is 1.80 bits per heavy atom. The maximum atomic E-state index is 12.2. The van der Waals surface area contributed by atoms with Gasteiger partial charge in [-0.05, 0) is 12.3 Å². The number of epoxide rings is 1. The number of rotatable bonds is 6. The molecule has 20 heavy (non-hydrogen) atoms. The van der Waals surface area contributed by atoms with Crippen LogP contribution in [-0.2, 0) is 23.8 Å². The van der Waals surface area contributed by atoms with Gasteiger partial charge in [-0.1, -0.05) is 32.2 Å². The van der Waals surface area contributed by atoms with Crippen LogP contribution in [0, 0.1) is 17.8 Å². The Labute approximate surface area is 118 Å².